The van der Waals surface area contributed by atoms with E-state index in [2.05, 4.69) is 10.6 Å². The summed E-state index contributed by atoms with van der Waals surface area (Å²) < 4.78 is 5.19. The molecule has 2 aromatic carbocycles. The second-order valence-corrected chi connectivity index (χ2v) is 6.08. The molecule has 0 bridgehead atoms. The predicted molar refractivity (Wildman–Crippen MR) is 103 cm³/mol. The first-order valence-electron chi connectivity index (χ1n) is 8.07. The van der Waals surface area contributed by atoms with Crippen molar-refractivity contribution in [3.8, 4) is 11.8 Å². The number of nitrogens with one attached hydrogen (secondary N) is 2. The molecule has 0 fully saturated rings. The van der Waals surface area contributed by atoms with Crippen LogP contribution < -0.4 is 15.4 Å². The van der Waals surface area contributed by atoms with E-state index in [4.69, 9.17) is 16.3 Å². The highest BCUT2D eigenvalue weighted by Crippen LogP contribution is 2.20. The highest BCUT2D eigenvalue weighted by atomic mass is 35.5. The van der Waals surface area contributed by atoms with Gasteiger partial charge in [-0.25, -0.2) is 0 Å². The van der Waals surface area contributed by atoms with E-state index in [0.717, 1.165) is 23.3 Å². The second-order valence-electron chi connectivity index (χ2n) is 5.64. The van der Waals surface area contributed by atoms with Crippen molar-refractivity contribution in [2.24, 2.45) is 0 Å². The minimum Gasteiger partial charge on any atom is -0.497 e. The third kappa shape index (κ3) is 5.54. The molecule has 2 rings (SSSR count). The van der Waals surface area contributed by atoms with E-state index in [0.29, 0.717) is 17.3 Å². The molecule has 0 aromatic heterocycles. The minimum absolute atomic E-state index is 0.00461. The molecule has 2 aromatic rings. The molecule has 0 aliphatic heterocycles. The van der Waals surface area contributed by atoms with Gasteiger partial charge in [-0.3, -0.25) is 4.79 Å². The van der Waals surface area contributed by atoms with Crippen LogP contribution in [0, 0.1) is 18.3 Å². The molecule has 0 radical (unpaired) electrons. The van der Waals surface area contributed by atoms with E-state index < -0.39 is 5.91 Å². The lowest BCUT2D eigenvalue weighted by molar-refractivity contribution is -0.112. The number of rotatable bonds is 7. The summed E-state index contributed by atoms with van der Waals surface area (Å²) in [6.45, 7) is 2.44. The average molecular weight is 370 g/mol. The van der Waals surface area contributed by atoms with Gasteiger partial charge in [-0.15, -0.1) is 0 Å². The summed E-state index contributed by atoms with van der Waals surface area (Å²) in [5.41, 5.74) is 2.55. The van der Waals surface area contributed by atoms with Crippen molar-refractivity contribution in [1.82, 2.24) is 5.32 Å². The number of ether oxygens (including phenoxy) is 1. The van der Waals surface area contributed by atoms with E-state index in [1.165, 1.54) is 6.20 Å². The molecule has 0 atom stereocenters. The van der Waals surface area contributed by atoms with Crippen LogP contribution in [0.4, 0.5) is 5.69 Å². The maximum atomic E-state index is 12.3. The van der Waals surface area contributed by atoms with Crippen molar-refractivity contribution in [3.05, 3.63) is 70.4 Å². The van der Waals surface area contributed by atoms with Crippen molar-refractivity contribution >= 4 is 23.2 Å². The fourth-order valence-electron chi connectivity index (χ4n) is 2.29. The van der Waals surface area contributed by atoms with Gasteiger partial charge in [0.05, 0.1) is 7.11 Å². The van der Waals surface area contributed by atoms with Crippen molar-refractivity contribution < 1.29 is 9.53 Å². The highest BCUT2D eigenvalue weighted by molar-refractivity contribution is 6.31. The minimum atomic E-state index is -0.480. The lowest BCUT2D eigenvalue weighted by atomic mass is 10.1. The fourth-order valence-corrected chi connectivity index (χ4v) is 2.46. The Balaban J connectivity index is 1.93. The maximum absolute atomic E-state index is 12.3. The zero-order valence-corrected chi connectivity index (χ0v) is 15.4. The van der Waals surface area contributed by atoms with Crippen LogP contribution in [0.1, 0.15) is 11.1 Å². The molecule has 0 unspecified atom stereocenters. The Hall–Kier alpha value is -2.97. The third-order valence-electron chi connectivity index (χ3n) is 3.75. The zero-order valence-electron chi connectivity index (χ0n) is 14.7. The lowest BCUT2D eigenvalue weighted by Gasteiger charge is -2.09. The first kappa shape index (κ1) is 19.4. The van der Waals surface area contributed by atoms with Gasteiger partial charge in [0, 0.05) is 23.5 Å². The van der Waals surface area contributed by atoms with Gasteiger partial charge in [0.15, 0.2) is 0 Å². The Labute approximate surface area is 158 Å². The zero-order chi connectivity index (χ0) is 18.9. The molecular weight excluding hydrogens is 350 g/mol. The number of hydrogen-bond donors (Lipinski definition) is 2. The smallest absolute Gasteiger partial charge is 0.267 e. The van der Waals surface area contributed by atoms with E-state index in [-0.39, 0.29) is 5.57 Å². The summed E-state index contributed by atoms with van der Waals surface area (Å²) in [4.78, 5) is 12.3. The number of anilines is 1. The van der Waals surface area contributed by atoms with E-state index in [1.807, 2.05) is 37.3 Å². The van der Waals surface area contributed by atoms with Crippen molar-refractivity contribution in [2.45, 2.75) is 13.3 Å². The van der Waals surface area contributed by atoms with E-state index in [1.54, 1.807) is 25.3 Å². The van der Waals surface area contributed by atoms with Crippen LogP contribution in [0.15, 0.2) is 54.2 Å². The molecule has 2 N–H and O–H groups in total. The Kier molecular flexibility index (Phi) is 7.07. The normalized spacial score (nSPS) is 10.8. The van der Waals surface area contributed by atoms with Gasteiger partial charge < -0.3 is 15.4 Å². The third-order valence-corrected chi connectivity index (χ3v) is 3.99. The largest absolute Gasteiger partial charge is 0.497 e. The number of aryl methyl sites for hydroxylation is 1. The molecule has 0 spiro atoms. The quantitative estimate of drug-likeness (QED) is 0.442. The first-order chi connectivity index (χ1) is 12.5. The molecule has 6 heteroatoms. The number of methoxy groups -OCH3 is 1. The maximum Gasteiger partial charge on any atom is 0.267 e. The van der Waals surface area contributed by atoms with Gasteiger partial charge in [0.2, 0.25) is 0 Å². The van der Waals surface area contributed by atoms with Gasteiger partial charge in [-0.05, 0) is 48.7 Å². The average Bonchev–Trinajstić information content (AvgIpc) is 2.64. The van der Waals surface area contributed by atoms with Crippen LogP contribution in [0.3, 0.4) is 0 Å². The van der Waals surface area contributed by atoms with Gasteiger partial charge in [0.1, 0.15) is 17.4 Å². The van der Waals surface area contributed by atoms with Crippen LogP contribution >= 0.6 is 11.6 Å². The molecule has 134 valence electrons. The molecule has 0 heterocycles. The summed E-state index contributed by atoms with van der Waals surface area (Å²) in [5.74, 6) is 0.318. The van der Waals surface area contributed by atoms with Crippen molar-refractivity contribution in [2.75, 3.05) is 19.0 Å². The summed E-state index contributed by atoms with van der Waals surface area (Å²) in [6, 6.07) is 14.9. The number of amides is 1. The van der Waals surface area contributed by atoms with Crippen LogP contribution in [0.25, 0.3) is 0 Å². The number of hydrogen-bond acceptors (Lipinski definition) is 4. The van der Waals surface area contributed by atoms with Crippen molar-refractivity contribution in [1.29, 1.82) is 5.26 Å². The summed E-state index contributed by atoms with van der Waals surface area (Å²) >= 11 is 5.94. The molecule has 0 aliphatic rings. The van der Waals surface area contributed by atoms with Crippen LogP contribution in [-0.2, 0) is 11.2 Å². The summed E-state index contributed by atoms with van der Waals surface area (Å²) in [7, 11) is 1.62. The topological polar surface area (TPSA) is 74.1 Å². The summed E-state index contributed by atoms with van der Waals surface area (Å²) in [6.07, 6.45) is 2.16. The molecule has 5 nitrogen and oxygen atoms in total. The number of benzene rings is 2. The molecule has 0 saturated carbocycles. The van der Waals surface area contributed by atoms with Gasteiger partial charge in [0.25, 0.3) is 5.91 Å². The standard InChI is InChI=1S/C20H20ClN3O2/c1-14-6-7-17(21)11-19(14)24-20(25)16(12-22)13-23-9-8-15-4-3-5-18(10-15)26-2/h3-7,10-11,13,23H,8-9H2,1-2H3,(H,24,25)/b16-13-. The Bertz CT molecular complexity index is 856. The van der Waals surface area contributed by atoms with Gasteiger partial charge in [-0.1, -0.05) is 29.8 Å². The van der Waals surface area contributed by atoms with Gasteiger partial charge in [-0.2, -0.15) is 5.26 Å². The molecule has 1 amide bonds. The van der Waals surface area contributed by atoms with Crippen LogP contribution in [-0.4, -0.2) is 19.6 Å². The van der Waals surface area contributed by atoms with Gasteiger partial charge >= 0.3 is 0 Å². The Morgan fingerprint density at radius 2 is 2.12 bits per heavy atom. The lowest BCUT2D eigenvalue weighted by Crippen LogP contribution is -2.18. The second kappa shape index (κ2) is 9.50. The summed E-state index contributed by atoms with van der Waals surface area (Å²) in [5, 5.41) is 15.4. The Morgan fingerprint density at radius 3 is 2.85 bits per heavy atom. The SMILES string of the molecule is COc1cccc(CCN/C=C(/C#N)C(=O)Nc2cc(Cl)ccc2C)c1. The van der Waals surface area contributed by atoms with E-state index >= 15 is 0 Å². The number of nitrogens with zero attached hydrogens (tertiary/aromatic N) is 1. The molecule has 0 aliphatic carbocycles. The molecule has 26 heavy (non-hydrogen) atoms. The monoisotopic (exact) mass is 369 g/mol. The van der Waals surface area contributed by atoms with Crippen LogP contribution in [0.5, 0.6) is 5.75 Å². The number of halogens is 1. The predicted octanol–water partition coefficient (Wildman–Crippen LogP) is 3.84. The first-order valence-corrected chi connectivity index (χ1v) is 8.45. The van der Waals surface area contributed by atoms with Crippen molar-refractivity contribution in [3.63, 3.8) is 0 Å². The number of carbonyl (C=O) groups is 1. The van der Waals surface area contributed by atoms with E-state index in [9.17, 15) is 10.1 Å². The fraction of sp³-hybridized carbons (Fsp3) is 0.200. The number of carbonyl (C=O) groups excluding carboxylic acids is 1. The molecule has 0 saturated heterocycles. The van der Waals surface area contributed by atoms with Crippen LogP contribution in [0.2, 0.25) is 5.02 Å². The number of nitriles is 1. The molecular formula is C20H20ClN3O2. The highest BCUT2D eigenvalue weighted by Gasteiger charge is 2.11. The Morgan fingerprint density at radius 1 is 1.31 bits per heavy atom.